The average Bonchev–Trinajstić information content (AvgIpc) is 1.89. The first-order valence-electron chi connectivity index (χ1n) is 3.51. The zero-order valence-electron chi connectivity index (χ0n) is 6.41. The number of allylic oxidation sites excluding steroid dienone is 3. The fourth-order valence-electron chi connectivity index (χ4n) is 0.535. The van der Waals surface area contributed by atoms with E-state index in [0.29, 0.717) is 0 Å². The van der Waals surface area contributed by atoms with Gasteiger partial charge in [-0.05, 0) is 31.4 Å². The van der Waals surface area contributed by atoms with Gasteiger partial charge in [0.15, 0.2) is 0 Å². The maximum absolute atomic E-state index is 3.64. The lowest BCUT2D eigenvalue weighted by Gasteiger charge is -1.89. The van der Waals surface area contributed by atoms with Crippen molar-refractivity contribution >= 4 is 0 Å². The van der Waals surface area contributed by atoms with E-state index in [2.05, 4.69) is 19.6 Å². The van der Waals surface area contributed by atoms with Crippen LogP contribution in [0, 0.1) is 6.08 Å². The van der Waals surface area contributed by atoms with E-state index in [0.717, 1.165) is 6.42 Å². The molecule has 0 aromatic rings. The normalized spacial score (nSPS) is 11.6. The highest BCUT2D eigenvalue weighted by molar-refractivity contribution is 5.08. The topological polar surface area (TPSA) is 0 Å². The molecule has 0 heteroatoms. The van der Waals surface area contributed by atoms with E-state index in [9.17, 15) is 0 Å². The maximum atomic E-state index is 3.64. The van der Waals surface area contributed by atoms with Crippen LogP contribution in [0.3, 0.4) is 0 Å². The molecule has 0 saturated carbocycles. The molecule has 0 heterocycles. The van der Waals surface area contributed by atoms with Crippen LogP contribution in [-0.4, -0.2) is 0 Å². The minimum atomic E-state index is 1.08. The van der Waals surface area contributed by atoms with Crippen LogP contribution in [0.1, 0.15) is 33.1 Å². The smallest absolute Gasteiger partial charge is 0.0274 e. The van der Waals surface area contributed by atoms with Crippen molar-refractivity contribution in [1.29, 1.82) is 0 Å². The van der Waals surface area contributed by atoms with E-state index in [1.54, 1.807) is 0 Å². The van der Waals surface area contributed by atoms with Gasteiger partial charge in [-0.3, -0.25) is 0 Å². The second kappa shape index (κ2) is 5.61. The Bertz CT molecular complexity index is 98.6. The van der Waals surface area contributed by atoms with E-state index in [1.165, 1.54) is 18.4 Å². The predicted octanol–water partition coefficient (Wildman–Crippen LogP) is 3.11. The lowest BCUT2D eigenvalue weighted by molar-refractivity contribution is 0.801. The van der Waals surface area contributed by atoms with Crippen LogP contribution in [0.5, 0.6) is 0 Å². The molecule has 0 spiro atoms. The molecule has 0 aromatic heterocycles. The van der Waals surface area contributed by atoms with Crippen LogP contribution in [0.4, 0.5) is 0 Å². The molecule has 0 unspecified atom stereocenters. The van der Waals surface area contributed by atoms with Crippen LogP contribution in [0.25, 0.3) is 0 Å². The molecule has 0 rings (SSSR count). The molecule has 51 valence electrons. The largest absolute Gasteiger partial charge is 0.0988 e. The van der Waals surface area contributed by atoms with Gasteiger partial charge in [-0.25, -0.2) is 0 Å². The summed E-state index contributed by atoms with van der Waals surface area (Å²) in [6.07, 6.45) is 8.64. The van der Waals surface area contributed by atoms with Crippen LogP contribution >= 0.6 is 0 Å². The molecule has 1 radical (unpaired) electrons. The third-order valence-corrected chi connectivity index (χ3v) is 1.24. The summed E-state index contributed by atoms with van der Waals surface area (Å²) in [5, 5.41) is 0. The second-order valence-electron chi connectivity index (χ2n) is 2.17. The molecule has 0 fully saturated rings. The summed E-state index contributed by atoms with van der Waals surface area (Å²) in [6, 6.07) is 0. The Morgan fingerprint density at radius 1 is 1.67 bits per heavy atom. The molecule has 0 bridgehead atoms. The summed E-state index contributed by atoms with van der Waals surface area (Å²) >= 11 is 0. The standard InChI is InChI=1S/C9H15/c1-4-6-7-8-9(3)5-2/h5H,2,4,6-7H2,1,3H3. The van der Waals surface area contributed by atoms with Gasteiger partial charge in [-0.15, -0.1) is 0 Å². The third-order valence-electron chi connectivity index (χ3n) is 1.24. The fourth-order valence-corrected chi connectivity index (χ4v) is 0.535. The Labute approximate surface area is 58.3 Å². The van der Waals surface area contributed by atoms with E-state index in [4.69, 9.17) is 0 Å². The lowest BCUT2D eigenvalue weighted by Crippen LogP contribution is -1.71. The van der Waals surface area contributed by atoms with Gasteiger partial charge in [-0.1, -0.05) is 26.0 Å². The molecule has 0 nitrogen and oxygen atoms in total. The summed E-state index contributed by atoms with van der Waals surface area (Å²) in [5.41, 5.74) is 1.17. The molecule has 0 aliphatic carbocycles. The van der Waals surface area contributed by atoms with E-state index >= 15 is 0 Å². The van der Waals surface area contributed by atoms with Crippen LogP contribution in [0.2, 0.25) is 0 Å². The summed E-state index contributed by atoms with van der Waals surface area (Å²) in [4.78, 5) is 0. The van der Waals surface area contributed by atoms with Gasteiger partial charge in [0.2, 0.25) is 0 Å². The minimum absolute atomic E-state index is 1.08. The summed E-state index contributed by atoms with van der Waals surface area (Å²) in [7, 11) is 0. The van der Waals surface area contributed by atoms with Crippen molar-refractivity contribution in [2.24, 2.45) is 0 Å². The maximum Gasteiger partial charge on any atom is -0.0274 e. The Morgan fingerprint density at radius 2 is 2.33 bits per heavy atom. The quantitative estimate of drug-likeness (QED) is 0.398. The highest BCUT2D eigenvalue weighted by Crippen LogP contribution is 1.99. The molecule has 0 saturated heterocycles. The first-order chi connectivity index (χ1) is 4.31. The van der Waals surface area contributed by atoms with Crippen LogP contribution < -0.4 is 0 Å². The van der Waals surface area contributed by atoms with E-state index in [1.807, 2.05) is 13.0 Å². The first-order valence-corrected chi connectivity index (χ1v) is 3.51. The van der Waals surface area contributed by atoms with E-state index < -0.39 is 0 Å². The van der Waals surface area contributed by atoms with Crippen molar-refractivity contribution in [2.45, 2.75) is 33.1 Å². The first kappa shape index (κ1) is 8.48. The van der Waals surface area contributed by atoms with Crippen molar-refractivity contribution in [3.8, 4) is 0 Å². The van der Waals surface area contributed by atoms with Gasteiger partial charge in [0.1, 0.15) is 0 Å². The van der Waals surface area contributed by atoms with Gasteiger partial charge in [0.05, 0.1) is 0 Å². The van der Waals surface area contributed by atoms with Crippen LogP contribution in [-0.2, 0) is 0 Å². The monoisotopic (exact) mass is 123 g/mol. The van der Waals surface area contributed by atoms with Crippen molar-refractivity contribution in [2.75, 3.05) is 0 Å². The van der Waals surface area contributed by atoms with Crippen molar-refractivity contribution < 1.29 is 0 Å². The number of unbranched alkanes of at least 4 members (excludes halogenated alkanes) is 2. The van der Waals surface area contributed by atoms with Crippen molar-refractivity contribution in [3.05, 3.63) is 24.3 Å². The average molecular weight is 123 g/mol. The molecule has 0 atom stereocenters. The zero-order valence-corrected chi connectivity index (χ0v) is 6.41. The Hall–Kier alpha value is -0.520. The summed E-state index contributed by atoms with van der Waals surface area (Å²) in [6.45, 7) is 7.86. The zero-order chi connectivity index (χ0) is 7.11. The molecular formula is C9H15. The van der Waals surface area contributed by atoms with Gasteiger partial charge in [-0.2, -0.15) is 0 Å². The Balaban J connectivity index is 3.31. The predicted molar refractivity (Wildman–Crippen MR) is 42.2 cm³/mol. The van der Waals surface area contributed by atoms with Crippen LogP contribution in [0.15, 0.2) is 18.2 Å². The minimum Gasteiger partial charge on any atom is -0.0988 e. The van der Waals surface area contributed by atoms with Crippen molar-refractivity contribution in [3.63, 3.8) is 0 Å². The Kier molecular flexibility index (Phi) is 5.29. The highest BCUT2D eigenvalue weighted by Gasteiger charge is 1.80. The lowest BCUT2D eigenvalue weighted by atomic mass is 10.2. The molecule has 0 amide bonds. The third kappa shape index (κ3) is 5.35. The highest BCUT2D eigenvalue weighted by atomic mass is 13.9. The molecule has 0 aromatic carbocycles. The van der Waals surface area contributed by atoms with Gasteiger partial charge in [0, 0.05) is 0 Å². The summed E-state index contributed by atoms with van der Waals surface area (Å²) < 4.78 is 0. The second-order valence-corrected chi connectivity index (χ2v) is 2.17. The van der Waals surface area contributed by atoms with E-state index in [-0.39, 0.29) is 0 Å². The fraction of sp³-hybridized carbons (Fsp3) is 0.556. The van der Waals surface area contributed by atoms with Gasteiger partial charge < -0.3 is 0 Å². The molecule has 0 N–H and O–H groups in total. The summed E-state index contributed by atoms with van der Waals surface area (Å²) in [5.74, 6) is 0. The molecular weight excluding hydrogens is 108 g/mol. The Morgan fingerprint density at radius 3 is 2.78 bits per heavy atom. The molecule has 0 aliphatic rings. The number of hydrogen-bond donors (Lipinski definition) is 0. The van der Waals surface area contributed by atoms with Gasteiger partial charge in [0.25, 0.3) is 0 Å². The van der Waals surface area contributed by atoms with Gasteiger partial charge >= 0.3 is 0 Å². The molecule has 0 aliphatic heterocycles. The van der Waals surface area contributed by atoms with Crippen molar-refractivity contribution in [1.82, 2.24) is 0 Å². The number of hydrogen-bond acceptors (Lipinski definition) is 0. The SMILES string of the molecule is C=C/C(C)=[C]/CCCC. The number of rotatable bonds is 4. The molecule has 9 heavy (non-hydrogen) atoms.